The smallest absolute Gasteiger partial charge is 0.282 e. The number of nitrogens with zero attached hydrogens (tertiary/aromatic N) is 2. The molecule has 0 radical (unpaired) electrons. The van der Waals surface area contributed by atoms with Gasteiger partial charge in [0, 0.05) is 37.4 Å². The molecule has 7 rings (SSSR count). The monoisotopic (exact) mass is 795 g/mol. The first-order valence-electron chi connectivity index (χ1n) is 19.8. The largest absolute Gasteiger partial charge is 0.454 e. The molecular formula is C44H54F5N3O3Si. The minimum absolute atomic E-state index is 0.00121. The summed E-state index contributed by atoms with van der Waals surface area (Å²) in [5.41, 5.74) is -0.229. The zero-order chi connectivity index (χ0) is 39.9. The Morgan fingerprint density at radius 1 is 0.982 bits per heavy atom. The van der Waals surface area contributed by atoms with Crippen molar-refractivity contribution in [1.82, 2.24) is 15.1 Å². The van der Waals surface area contributed by atoms with Crippen LogP contribution in [0.1, 0.15) is 64.6 Å². The number of hydrogen-bond acceptors (Lipinski definition) is 6. The molecule has 6 nitrogen and oxygen atoms in total. The summed E-state index contributed by atoms with van der Waals surface area (Å²) < 4.78 is 98.7. The average Bonchev–Trinajstić information content (AvgIpc) is 3.82. The first-order chi connectivity index (χ1) is 26.7. The van der Waals surface area contributed by atoms with Crippen molar-refractivity contribution in [2.75, 3.05) is 46.3 Å². The van der Waals surface area contributed by atoms with Crippen molar-refractivity contribution in [2.45, 2.75) is 89.1 Å². The first kappa shape index (κ1) is 40.5. The van der Waals surface area contributed by atoms with Crippen LogP contribution >= 0.6 is 0 Å². The van der Waals surface area contributed by atoms with Gasteiger partial charge in [0.05, 0.1) is 31.3 Å². The highest BCUT2D eigenvalue weighted by Gasteiger charge is 2.56. The minimum Gasteiger partial charge on any atom is -0.454 e. The van der Waals surface area contributed by atoms with Gasteiger partial charge in [-0.1, -0.05) is 81.4 Å². The number of benzene rings is 3. The Morgan fingerprint density at radius 2 is 1.62 bits per heavy atom. The fourth-order valence-electron chi connectivity index (χ4n) is 9.35. The lowest BCUT2D eigenvalue weighted by molar-refractivity contribution is -0.103. The highest BCUT2D eigenvalue weighted by atomic mass is 28.4. The molecule has 0 saturated carbocycles. The van der Waals surface area contributed by atoms with Gasteiger partial charge in [-0.15, -0.1) is 0 Å². The summed E-state index contributed by atoms with van der Waals surface area (Å²) in [6, 6.07) is 21.1. The van der Waals surface area contributed by atoms with E-state index >= 15 is 17.6 Å². The topological polar surface area (TPSA) is 46.2 Å². The van der Waals surface area contributed by atoms with Gasteiger partial charge in [-0.2, -0.15) is 0 Å². The third kappa shape index (κ3) is 7.66. The molecule has 3 aliphatic heterocycles. The molecule has 3 aromatic rings. The number of likely N-dealkylation sites (tertiary alicyclic amines) is 1. The average molecular weight is 796 g/mol. The molecule has 12 heteroatoms. The van der Waals surface area contributed by atoms with E-state index in [9.17, 15) is 4.39 Å². The summed E-state index contributed by atoms with van der Waals surface area (Å²) in [6.07, 6.45) is 2.40. The lowest BCUT2D eigenvalue weighted by atomic mass is 9.67. The van der Waals surface area contributed by atoms with E-state index in [1.54, 1.807) is 11.0 Å². The Balaban J connectivity index is 1.21. The van der Waals surface area contributed by atoms with Gasteiger partial charge in [0.15, 0.2) is 11.5 Å². The number of nitrogens with one attached hydrogen (secondary N) is 1. The second-order valence-electron chi connectivity index (χ2n) is 17.1. The van der Waals surface area contributed by atoms with E-state index in [4.69, 9.17) is 13.9 Å². The minimum atomic E-state index is -3.41. The normalized spacial score (nSPS) is 25.8. The molecule has 1 aliphatic carbocycles. The van der Waals surface area contributed by atoms with Crippen LogP contribution in [0.25, 0.3) is 0 Å². The predicted octanol–water partition coefficient (Wildman–Crippen LogP) is 8.03. The zero-order valence-electron chi connectivity index (χ0n) is 33.0. The van der Waals surface area contributed by atoms with E-state index in [2.05, 4.69) is 10.2 Å². The Morgan fingerprint density at radius 3 is 2.23 bits per heavy atom. The SMILES string of the molecule is C[C@@H]1Cc2cc3c(cc2[C@@H](C2(C)C(F)=CC(N[C@H]4CCN(CCCF)C4)=CC2F)N1CC(F)(F)CO[Si](c1ccccc1)(c1ccccc1)C(C)(C)C)OCO3. The highest BCUT2D eigenvalue weighted by molar-refractivity contribution is 6.99. The fourth-order valence-corrected chi connectivity index (χ4v) is 13.9. The Labute approximate surface area is 328 Å². The van der Waals surface area contributed by atoms with Crippen molar-refractivity contribution in [3.05, 3.63) is 108 Å². The van der Waals surface area contributed by atoms with Gasteiger partial charge < -0.3 is 24.1 Å². The number of halogens is 5. The van der Waals surface area contributed by atoms with Crippen LogP contribution in [0.15, 0.2) is 96.5 Å². The van der Waals surface area contributed by atoms with Crippen LogP contribution < -0.4 is 25.2 Å². The van der Waals surface area contributed by atoms with Crippen molar-refractivity contribution in [1.29, 1.82) is 0 Å². The molecule has 1 saturated heterocycles. The zero-order valence-corrected chi connectivity index (χ0v) is 34.0. The van der Waals surface area contributed by atoms with Crippen LogP contribution in [0.5, 0.6) is 11.5 Å². The third-order valence-electron chi connectivity index (χ3n) is 12.2. The summed E-state index contributed by atoms with van der Waals surface area (Å²) >= 11 is 0. The molecule has 2 unspecified atom stereocenters. The summed E-state index contributed by atoms with van der Waals surface area (Å²) in [5, 5.41) is 4.53. The molecule has 56 heavy (non-hydrogen) atoms. The molecule has 0 spiro atoms. The van der Waals surface area contributed by atoms with Crippen LogP contribution in [0.4, 0.5) is 22.0 Å². The van der Waals surface area contributed by atoms with Gasteiger partial charge in [0.25, 0.3) is 14.2 Å². The van der Waals surface area contributed by atoms with Gasteiger partial charge in [-0.05, 0) is 83.9 Å². The molecule has 0 bridgehead atoms. The van der Waals surface area contributed by atoms with Gasteiger partial charge in [-0.25, -0.2) is 17.6 Å². The quantitative estimate of drug-likeness (QED) is 0.140. The Kier molecular flexibility index (Phi) is 11.5. The molecule has 5 atom stereocenters. The van der Waals surface area contributed by atoms with Gasteiger partial charge in [-0.3, -0.25) is 9.29 Å². The van der Waals surface area contributed by atoms with Crippen molar-refractivity contribution >= 4 is 18.7 Å². The number of allylic oxidation sites excluding steroid dienone is 2. The lowest BCUT2D eigenvalue weighted by Gasteiger charge is -2.52. The Bertz CT molecular complexity index is 1870. The molecular weight excluding hydrogens is 742 g/mol. The van der Waals surface area contributed by atoms with Crippen molar-refractivity contribution in [3.63, 3.8) is 0 Å². The summed E-state index contributed by atoms with van der Waals surface area (Å²) in [7, 11) is -3.32. The van der Waals surface area contributed by atoms with Crippen molar-refractivity contribution in [3.8, 4) is 11.5 Å². The second-order valence-corrected chi connectivity index (χ2v) is 21.4. The first-order valence-corrected chi connectivity index (χ1v) is 21.7. The lowest BCUT2D eigenvalue weighted by Crippen LogP contribution is -2.67. The van der Waals surface area contributed by atoms with E-state index in [-0.39, 0.29) is 12.8 Å². The maximum absolute atomic E-state index is 17.0. The highest BCUT2D eigenvalue weighted by Crippen LogP contribution is 2.56. The maximum Gasteiger partial charge on any atom is 0.282 e. The van der Waals surface area contributed by atoms with E-state index in [0.717, 1.165) is 28.9 Å². The fraction of sp³-hybridized carbons (Fsp3) is 0.500. The van der Waals surface area contributed by atoms with E-state index < -0.39 is 68.6 Å². The Hall–Kier alpha value is -3.71. The third-order valence-corrected chi connectivity index (χ3v) is 17.2. The second kappa shape index (κ2) is 15.9. The van der Waals surface area contributed by atoms with Crippen molar-refractivity contribution < 1.29 is 35.9 Å². The standard InChI is InChI=1S/C44H54F5N3O3Si/c1-30-21-31-22-37-38(54-29-53-37)25-36(31)41(43(5)39(46)23-33(24-40(43)47)50-32-17-20-51(26-32)19-12-18-45)52(30)27-44(48,49)28-55-56(42(2,3)4,34-13-8-6-9-14-34)35-15-10-7-11-16-35/h6-11,13-16,22-25,30,32,39,41,50H,12,17-21,26-29H2,1-5H3/t30-,32+,39?,41+,43?/m1/s1. The molecule has 3 heterocycles. The molecule has 4 aliphatic rings. The summed E-state index contributed by atoms with van der Waals surface area (Å²) in [6.45, 7) is 9.41. The molecule has 1 N–H and O–H groups in total. The van der Waals surface area contributed by atoms with E-state index in [1.165, 1.54) is 19.1 Å². The number of ether oxygens (including phenoxy) is 2. The van der Waals surface area contributed by atoms with Gasteiger partial charge in [0.1, 0.15) is 12.0 Å². The van der Waals surface area contributed by atoms with E-state index in [1.807, 2.05) is 94.4 Å². The number of rotatable bonds is 13. The number of alkyl halides is 4. The van der Waals surface area contributed by atoms with Gasteiger partial charge >= 0.3 is 0 Å². The molecule has 0 amide bonds. The maximum atomic E-state index is 17.0. The number of hydrogen-bond donors (Lipinski definition) is 1. The van der Waals surface area contributed by atoms with Crippen LogP contribution in [0, 0.1) is 5.41 Å². The van der Waals surface area contributed by atoms with E-state index in [0.29, 0.717) is 48.7 Å². The van der Waals surface area contributed by atoms with Crippen LogP contribution in [-0.2, 0) is 10.8 Å². The van der Waals surface area contributed by atoms with Crippen LogP contribution in [0.3, 0.4) is 0 Å². The van der Waals surface area contributed by atoms with Crippen LogP contribution in [0.2, 0.25) is 5.04 Å². The molecule has 1 fully saturated rings. The summed E-state index contributed by atoms with van der Waals surface area (Å²) in [5.74, 6) is -3.21. The molecule has 3 aromatic carbocycles. The van der Waals surface area contributed by atoms with Gasteiger partial charge in [0.2, 0.25) is 6.79 Å². The summed E-state index contributed by atoms with van der Waals surface area (Å²) in [4.78, 5) is 3.71. The number of fused-ring (bicyclic) bond motifs is 2. The molecule has 0 aromatic heterocycles. The van der Waals surface area contributed by atoms with Crippen LogP contribution in [-0.4, -0.2) is 88.5 Å². The molecule has 302 valence electrons. The van der Waals surface area contributed by atoms with Crippen molar-refractivity contribution in [2.24, 2.45) is 5.41 Å². The predicted molar refractivity (Wildman–Crippen MR) is 213 cm³/mol.